The lowest BCUT2D eigenvalue weighted by atomic mass is 10.1. The van der Waals surface area contributed by atoms with E-state index in [0.717, 1.165) is 26.2 Å². The largest absolute Gasteiger partial charge is 0.300 e. The average molecular weight is 207 g/mol. The molecular weight excluding hydrogens is 186 g/mol. The van der Waals surface area contributed by atoms with Gasteiger partial charge < -0.3 is 0 Å². The zero-order chi connectivity index (χ0) is 11.1. The van der Waals surface area contributed by atoms with Crippen LogP contribution < -0.4 is 11.3 Å². The van der Waals surface area contributed by atoms with Gasteiger partial charge in [0, 0.05) is 13.1 Å². The quantitative estimate of drug-likeness (QED) is 0.548. The second-order valence-corrected chi connectivity index (χ2v) is 3.66. The van der Waals surface area contributed by atoms with Crippen LogP contribution in [0.5, 0.6) is 0 Å². The van der Waals surface area contributed by atoms with Gasteiger partial charge in [0.2, 0.25) is 0 Å². The number of nitrogens with two attached hydrogens (primary N) is 1. The lowest BCUT2D eigenvalue weighted by Gasteiger charge is -2.18. The molecule has 0 spiro atoms. The van der Waals surface area contributed by atoms with Crippen molar-refractivity contribution in [3.63, 3.8) is 0 Å². The Kier molecular flexibility index (Phi) is 5.32. The van der Waals surface area contributed by atoms with E-state index in [1.807, 2.05) is 0 Å². The van der Waals surface area contributed by atoms with Crippen LogP contribution >= 0.6 is 0 Å². The van der Waals surface area contributed by atoms with E-state index >= 15 is 0 Å². The third-order valence-electron chi connectivity index (χ3n) is 2.60. The zero-order valence-electron chi connectivity index (χ0n) is 9.66. The van der Waals surface area contributed by atoms with Crippen LogP contribution in [0.15, 0.2) is 24.3 Å². The van der Waals surface area contributed by atoms with Crippen molar-refractivity contribution in [2.24, 2.45) is 5.84 Å². The number of nitrogens with one attached hydrogen (secondary N) is 1. The Morgan fingerprint density at radius 3 is 2.47 bits per heavy atom. The molecule has 15 heavy (non-hydrogen) atoms. The van der Waals surface area contributed by atoms with Crippen molar-refractivity contribution in [2.45, 2.75) is 26.9 Å². The van der Waals surface area contributed by atoms with Crippen molar-refractivity contribution in [2.75, 3.05) is 13.1 Å². The normalized spacial score (nSPS) is 10.9. The summed E-state index contributed by atoms with van der Waals surface area (Å²) in [6.45, 7) is 8.31. The topological polar surface area (TPSA) is 41.3 Å². The SMILES string of the molecule is CCN(CC)Cc1cccc(CNN)c1. The van der Waals surface area contributed by atoms with Crippen molar-refractivity contribution < 1.29 is 0 Å². The van der Waals surface area contributed by atoms with Crippen LogP contribution in [-0.4, -0.2) is 18.0 Å². The van der Waals surface area contributed by atoms with Gasteiger partial charge in [-0.2, -0.15) is 0 Å². The minimum Gasteiger partial charge on any atom is -0.300 e. The van der Waals surface area contributed by atoms with E-state index in [2.05, 4.69) is 48.4 Å². The Hall–Kier alpha value is -0.900. The van der Waals surface area contributed by atoms with Gasteiger partial charge >= 0.3 is 0 Å². The van der Waals surface area contributed by atoms with Gasteiger partial charge in [-0.25, -0.2) is 0 Å². The molecule has 0 saturated carbocycles. The Morgan fingerprint density at radius 2 is 1.87 bits per heavy atom. The molecule has 0 heterocycles. The van der Waals surface area contributed by atoms with Gasteiger partial charge in [0.1, 0.15) is 0 Å². The van der Waals surface area contributed by atoms with Crippen molar-refractivity contribution in [1.82, 2.24) is 10.3 Å². The lowest BCUT2D eigenvalue weighted by molar-refractivity contribution is 0.296. The van der Waals surface area contributed by atoms with Gasteiger partial charge in [0.25, 0.3) is 0 Å². The third kappa shape index (κ3) is 4.00. The fourth-order valence-electron chi connectivity index (χ4n) is 1.66. The summed E-state index contributed by atoms with van der Waals surface area (Å²) >= 11 is 0. The Bertz CT molecular complexity index is 282. The van der Waals surface area contributed by atoms with Gasteiger partial charge in [-0.05, 0) is 24.2 Å². The van der Waals surface area contributed by atoms with E-state index in [1.54, 1.807) is 0 Å². The van der Waals surface area contributed by atoms with Crippen LogP contribution in [-0.2, 0) is 13.1 Å². The predicted octanol–water partition coefficient (Wildman–Crippen LogP) is 1.49. The predicted molar refractivity (Wildman–Crippen MR) is 64.1 cm³/mol. The molecule has 1 aromatic carbocycles. The number of benzene rings is 1. The van der Waals surface area contributed by atoms with Gasteiger partial charge in [0.05, 0.1) is 0 Å². The molecule has 3 heteroatoms. The molecule has 1 aromatic rings. The maximum absolute atomic E-state index is 5.30. The van der Waals surface area contributed by atoms with E-state index in [0.29, 0.717) is 0 Å². The third-order valence-corrected chi connectivity index (χ3v) is 2.60. The van der Waals surface area contributed by atoms with Crippen LogP contribution in [0.3, 0.4) is 0 Å². The molecule has 0 amide bonds. The maximum Gasteiger partial charge on any atom is 0.0348 e. The molecule has 84 valence electrons. The molecule has 0 unspecified atom stereocenters. The highest BCUT2D eigenvalue weighted by Gasteiger charge is 2.01. The fraction of sp³-hybridized carbons (Fsp3) is 0.500. The van der Waals surface area contributed by atoms with Crippen LogP contribution in [0, 0.1) is 0 Å². The molecule has 3 N–H and O–H groups in total. The summed E-state index contributed by atoms with van der Waals surface area (Å²) in [5.41, 5.74) is 5.27. The molecule has 0 radical (unpaired) electrons. The molecule has 3 nitrogen and oxygen atoms in total. The number of rotatable bonds is 6. The zero-order valence-corrected chi connectivity index (χ0v) is 9.66. The second kappa shape index (κ2) is 6.56. The van der Waals surface area contributed by atoms with Crippen molar-refractivity contribution in [1.29, 1.82) is 0 Å². The minimum atomic E-state index is 0.728. The molecule has 1 rings (SSSR count). The summed E-state index contributed by atoms with van der Waals surface area (Å²) in [6, 6.07) is 8.55. The molecule has 0 aliphatic carbocycles. The molecule has 0 aliphatic heterocycles. The number of hydrogen-bond acceptors (Lipinski definition) is 3. The van der Waals surface area contributed by atoms with Gasteiger partial charge in [-0.15, -0.1) is 0 Å². The summed E-state index contributed by atoms with van der Waals surface area (Å²) in [5.74, 6) is 5.30. The summed E-state index contributed by atoms with van der Waals surface area (Å²) in [4.78, 5) is 2.40. The Labute approximate surface area is 92.2 Å². The Morgan fingerprint density at radius 1 is 1.20 bits per heavy atom. The lowest BCUT2D eigenvalue weighted by Crippen LogP contribution is -2.23. The number of hydrogen-bond donors (Lipinski definition) is 2. The highest BCUT2D eigenvalue weighted by Crippen LogP contribution is 2.08. The highest BCUT2D eigenvalue weighted by molar-refractivity contribution is 5.23. The van der Waals surface area contributed by atoms with Crippen molar-refractivity contribution in [3.05, 3.63) is 35.4 Å². The molecular formula is C12H21N3. The van der Waals surface area contributed by atoms with Gasteiger partial charge in [-0.1, -0.05) is 38.1 Å². The summed E-state index contributed by atoms with van der Waals surface area (Å²) in [5, 5.41) is 0. The van der Waals surface area contributed by atoms with Crippen molar-refractivity contribution in [3.8, 4) is 0 Å². The number of nitrogens with zero attached hydrogens (tertiary/aromatic N) is 1. The van der Waals surface area contributed by atoms with E-state index < -0.39 is 0 Å². The van der Waals surface area contributed by atoms with Crippen LogP contribution in [0.1, 0.15) is 25.0 Å². The fourth-order valence-corrected chi connectivity index (χ4v) is 1.66. The molecule has 0 bridgehead atoms. The molecule has 0 aliphatic rings. The molecule has 0 aromatic heterocycles. The average Bonchev–Trinajstić information content (AvgIpc) is 2.27. The highest BCUT2D eigenvalue weighted by atomic mass is 15.2. The van der Waals surface area contributed by atoms with E-state index in [9.17, 15) is 0 Å². The first-order valence-corrected chi connectivity index (χ1v) is 5.53. The molecule has 0 atom stereocenters. The van der Waals surface area contributed by atoms with Crippen LogP contribution in [0.2, 0.25) is 0 Å². The summed E-state index contributed by atoms with van der Waals surface area (Å²) < 4.78 is 0. The number of hydrazine groups is 1. The smallest absolute Gasteiger partial charge is 0.0348 e. The van der Waals surface area contributed by atoms with Crippen molar-refractivity contribution >= 4 is 0 Å². The van der Waals surface area contributed by atoms with Gasteiger partial charge in [0.15, 0.2) is 0 Å². The molecule has 0 saturated heterocycles. The first-order chi connectivity index (χ1) is 7.30. The van der Waals surface area contributed by atoms with Gasteiger partial charge in [-0.3, -0.25) is 16.2 Å². The van der Waals surface area contributed by atoms with Crippen LogP contribution in [0.4, 0.5) is 0 Å². The maximum atomic E-state index is 5.30. The Balaban J connectivity index is 2.64. The standard InChI is InChI=1S/C12H21N3/c1-3-15(4-2)10-12-7-5-6-11(8-12)9-14-13/h5-8,14H,3-4,9-10,13H2,1-2H3. The summed E-state index contributed by atoms with van der Waals surface area (Å²) in [7, 11) is 0. The second-order valence-electron chi connectivity index (χ2n) is 3.66. The van der Waals surface area contributed by atoms with E-state index in [4.69, 9.17) is 5.84 Å². The first kappa shape index (κ1) is 12.2. The first-order valence-electron chi connectivity index (χ1n) is 5.53. The summed E-state index contributed by atoms with van der Waals surface area (Å²) in [6.07, 6.45) is 0. The minimum absolute atomic E-state index is 0.728. The van der Waals surface area contributed by atoms with Crippen LogP contribution in [0.25, 0.3) is 0 Å². The van der Waals surface area contributed by atoms with E-state index in [1.165, 1.54) is 11.1 Å². The molecule has 0 fully saturated rings. The monoisotopic (exact) mass is 207 g/mol. The van der Waals surface area contributed by atoms with E-state index in [-0.39, 0.29) is 0 Å².